The smallest absolute Gasteiger partial charge is 0.387 e. The third kappa shape index (κ3) is 4.72. The maximum absolute atomic E-state index is 12.5. The molecule has 2 aromatic carbocycles. The zero-order valence-electron chi connectivity index (χ0n) is 15.0. The largest absolute Gasteiger partial charge is 0.433 e. The van der Waals surface area contributed by atoms with Crippen LogP contribution in [0.15, 0.2) is 60.1 Å². The second-order valence-electron chi connectivity index (χ2n) is 5.78. The van der Waals surface area contributed by atoms with Crippen molar-refractivity contribution < 1.29 is 13.5 Å². The van der Waals surface area contributed by atoms with Crippen LogP contribution < -0.4 is 10.1 Å². The lowest BCUT2D eigenvalue weighted by atomic mass is 10.1. The monoisotopic (exact) mass is 397 g/mol. The Kier molecular flexibility index (Phi) is 6.35. The molecule has 4 nitrogen and oxygen atoms in total. The van der Waals surface area contributed by atoms with Crippen molar-refractivity contribution in [2.45, 2.75) is 20.0 Å². The number of nitriles is 1. The summed E-state index contributed by atoms with van der Waals surface area (Å²) in [5.41, 5.74) is 3.63. The average molecular weight is 397 g/mol. The predicted octanol–water partition coefficient (Wildman–Crippen LogP) is 5.95. The predicted molar refractivity (Wildman–Crippen MR) is 107 cm³/mol. The first kappa shape index (κ1) is 19.5. The first-order valence-electron chi connectivity index (χ1n) is 8.56. The first-order chi connectivity index (χ1) is 13.6. The lowest BCUT2D eigenvalue weighted by Gasteiger charge is -2.10. The van der Waals surface area contributed by atoms with Crippen molar-refractivity contribution >= 4 is 22.6 Å². The summed E-state index contributed by atoms with van der Waals surface area (Å²) in [5.74, 6) is 0.00174. The maximum atomic E-state index is 12.5. The summed E-state index contributed by atoms with van der Waals surface area (Å²) in [6.45, 7) is -0.833. The fourth-order valence-corrected chi connectivity index (χ4v) is 3.31. The molecule has 1 aromatic heterocycles. The van der Waals surface area contributed by atoms with Crippen molar-refractivity contribution in [2.24, 2.45) is 0 Å². The zero-order valence-corrected chi connectivity index (χ0v) is 15.8. The van der Waals surface area contributed by atoms with Crippen LogP contribution in [0.25, 0.3) is 16.8 Å². The van der Waals surface area contributed by atoms with E-state index in [0.29, 0.717) is 16.3 Å². The van der Waals surface area contributed by atoms with E-state index in [1.54, 1.807) is 18.2 Å². The first-order valence-corrected chi connectivity index (χ1v) is 9.44. The highest BCUT2D eigenvalue weighted by Gasteiger charge is 2.11. The van der Waals surface area contributed by atoms with Gasteiger partial charge in [-0.1, -0.05) is 43.3 Å². The van der Waals surface area contributed by atoms with Crippen molar-refractivity contribution in [1.29, 1.82) is 5.26 Å². The van der Waals surface area contributed by atoms with Crippen LogP contribution in [0, 0.1) is 11.3 Å². The van der Waals surface area contributed by atoms with E-state index in [1.807, 2.05) is 17.5 Å². The van der Waals surface area contributed by atoms with E-state index in [-0.39, 0.29) is 5.75 Å². The molecule has 0 fully saturated rings. The quantitative estimate of drug-likeness (QED) is 0.501. The molecular weight excluding hydrogens is 380 g/mol. The van der Waals surface area contributed by atoms with Crippen LogP contribution >= 0.6 is 11.3 Å². The summed E-state index contributed by atoms with van der Waals surface area (Å²) >= 11 is 1.34. The van der Waals surface area contributed by atoms with Crippen molar-refractivity contribution in [1.82, 2.24) is 4.98 Å². The van der Waals surface area contributed by atoms with Gasteiger partial charge in [-0.3, -0.25) is 0 Å². The lowest BCUT2D eigenvalue weighted by molar-refractivity contribution is -0.0493. The number of halogens is 2. The van der Waals surface area contributed by atoms with E-state index in [1.165, 1.54) is 29.2 Å². The van der Waals surface area contributed by atoms with Gasteiger partial charge in [-0.05, 0) is 24.1 Å². The van der Waals surface area contributed by atoms with Crippen molar-refractivity contribution in [3.8, 4) is 23.1 Å². The minimum Gasteiger partial charge on any atom is -0.433 e. The molecule has 0 radical (unpaired) electrons. The molecule has 0 saturated heterocycles. The normalized spacial score (nSPS) is 11.3. The standard InChI is InChI=1S/C21H17F2N3OS/c1-2-14-7-9-15(10-8-14)18-13-28-20(26-18)16(11-24)12-25-17-5-3-4-6-19(17)27-21(22)23/h3-10,12-13,21,25H,2H2,1H3/b16-12+. The molecule has 7 heteroatoms. The summed E-state index contributed by atoms with van der Waals surface area (Å²) < 4.78 is 29.5. The highest BCUT2D eigenvalue weighted by Crippen LogP contribution is 2.28. The Morgan fingerprint density at radius 2 is 2.00 bits per heavy atom. The van der Waals surface area contributed by atoms with E-state index in [9.17, 15) is 14.0 Å². The van der Waals surface area contributed by atoms with Gasteiger partial charge in [-0.2, -0.15) is 14.0 Å². The van der Waals surface area contributed by atoms with Crippen molar-refractivity contribution in [2.75, 3.05) is 5.32 Å². The Balaban J connectivity index is 1.81. The second kappa shape index (κ2) is 9.11. The van der Waals surface area contributed by atoms with Gasteiger partial charge in [-0.25, -0.2) is 4.98 Å². The molecule has 0 saturated carbocycles. The molecule has 1 heterocycles. The van der Waals surface area contributed by atoms with E-state index in [0.717, 1.165) is 17.7 Å². The molecule has 0 amide bonds. The molecule has 3 aromatic rings. The number of hydrogen-bond donors (Lipinski definition) is 1. The summed E-state index contributed by atoms with van der Waals surface area (Å²) in [6.07, 6.45) is 2.41. The molecule has 0 spiro atoms. The number of nitrogens with one attached hydrogen (secondary N) is 1. The Morgan fingerprint density at radius 3 is 2.68 bits per heavy atom. The minimum atomic E-state index is -2.93. The second-order valence-corrected chi connectivity index (χ2v) is 6.64. The summed E-state index contributed by atoms with van der Waals surface area (Å²) in [5, 5.41) is 14.8. The molecule has 1 N–H and O–H groups in total. The van der Waals surface area contributed by atoms with Gasteiger partial charge in [0.25, 0.3) is 0 Å². The molecule has 3 rings (SSSR count). The SMILES string of the molecule is CCc1ccc(-c2csc(/C(C#N)=C/Nc3ccccc3OC(F)F)n2)cc1. The Hall–Kier alpha value is -3.24. The minimum absolute atomic E-state index is 0.00174. The molecular formula is C21H17F2N3OS. The topological polar surface area (TPSA) is 57.9 Å². The lowest BCUT2D eigenvalue weighted by Crippen LogP contribution is -2.04. The number of rotatable bonds is 7. The Labute approximate surface area is 165 Å². The number of para-hydroxylation sites is 2. The maximum Gasteiger partial charge on any atom is 0.387 e. The zero-order chi connectivity index (χ0) is 19.9. The van der Waals surface area contributed by atoms with Gasteiger partial charge in [0.05, 0.1) is 11.4 Å². The molecule has 0 unspecified atom stereocenters. The van der Waals surface area contributed by atoms with Crippen LogP contribution in [-0.2, 0) is 6.42 Å². The summed E-state index contributed by atoms with van der Waals surface area (Å²) in [4.78, 5) is 4.53. The van der Waals surface area contributed by atoms with Gasteiger partial charge in [0.15, 0.2) is 0 Å². The number of allylic oxidation sites excluding steroid dienone is 1. The number of aryl methyl sites for hydroxylation is 1. The highest BCUT2D eigenvalue weighted by atomic mass is 32.1. The van der Waals surface area contributed by atoms with Crippen LogP contribution in [-0.4, -0.2) is 11.6 Å². The fraction of sp³-hybridized carbons (Fsp3) is 0.143. The third-order valence-electron chi connectivity index (χ3n) is 3.99. The fourth-order valence-electron chi connectivity index (χ4n) is 2.52. The number of ether oxygens (including phenoxy) is 1. The van der Waals surface area contributed by atoms with E-state index < -0.39 is 6.61 Å². The van der Waals surface area contributed by atoms with Crippen LogP contribution in [0.4, 0.5) is 14.5 Å². The molecule has 0 aliphatic rings. The van der Waals surface area contributed by atoms with Gasteiger partial charge in [0, 0.05) is 17.1 Å². The molecule has 0 bridgehead atoms. The average Bonchev–Trinajstić information content (AvgIpc) is 3.19. The Morgan fingerprint density at radius 1 is 1.25 bits per heavy atom. The summed E-state index contributed by atoms with van der Waals surface area (Å²) in [7, 11) is 0. The molecule has 142 valence electrons. The number of benzene rings is 2. The van der Waals surface area contributed by atoms with Gasteiger partial charge in [-0.15, -0.1) is 11.3 Å². The van der Waals surface area contributed by atoms with Crippen LogP contribution in [0.1, 0.15) is 17.5 Å². The van der Waals surface area contributed by atoms with E-state index >= 15 is 0 Å². The van der Waals surface area contributed by atoms with Gasteiger partial charge in [0.2, 0.25) is 0 Å². The Bertz CT molecular complexity index is 1010. The molecule has 0 aliphatic heterocycles. The summed E-state index contributed by atoms with van der Waals surface area (Å²) in [6, 6.07) is 16.5. The van der Waals surface area contributed by atoms with Crippen molar-refractivity contribution in [3.63, 3.8) is 0 Å². The van der Waals surface area contributed by atoms with E-state index in [2.05, 4.69) is 40.2 Å². The van der Waals surface area contributed by atoms with Crippen LogP contribution in [0.2, 0.25) is 0 Å². The van der Waals surface area contributed by atoms with Crippen LogP contribution in [0.5, 0.6) is 5.75 Å². The highest BCUT2D eigenvalue weighted by molar-refractivity contribution is 7.11. The molecule has 0 aliphatic carbocycles. The molecule has 28 heavy (non-hydrogen) atoms. The number of nitrogens with zero attached hydrogens (tertiary/aromatic N) is 2. The van der Waals surface area contributed by atoms with Crippen LogP contribution in [0.3, 0.4) is 0 Å². The third-order valence-corrected chi connectivity index (χ3v) is 4.86. The van der Waals surface area contributed by atoms with Crippen molar-refractivity contribution in [3.05, 3.63) is 70.7 Å². The van der Waals surface area contributed by atoms with Gasteiger partial charge in [0.1, 0.15) is 22.4 Å². The van der Waals surface area contributed by atoms with E-state index in [4.69, 9.17) is 0 Å². The number of thiazole rings is 1. The molecule has 0 atom stereocenters. The van der Waals surface area contributed by atoms with Gasteiger partial charge < -0.3 is 10.1 Å². The van der Waals surface area contributed by atoms with Gasteiger partial charge >= 0.3 is 6.61 Å². The number of hydrogen-bond acceptors (Lipinski definition) is 5. The number of aromatic nitrogens is 1. The number of anilines is 1. The number of alkyl halides is 2.